The number of nitrogens with two attached hydrogens (primary N) is 1. The van der Waals surface area contributed by atoms with E-state index in [-0.39, 0.29) is 12.7 Å². The van der Waals surface area contributed by atoms with Crippen molar-refractivity contribution in [2.45, 2.75) is 25.8 Å². The Morgan fingerprint density at radius 3 is 3.09 bits per heavy atom. The van der Waals surface area contributed by atoms with Crippen molar-refractivity contribution in [1.82, 2.24) is 4.98 Å². The summed E-state index contributed by atoms with van der Waals surface area (Å²) in [5.74, 6) is 1.24. The third-order valence-corrected chi connectivity index (χ3v) is 4.10. The molecule has 116 valence electrons. The highest BCUT2D eigenvalue weighted by molar-refractivity contribution is 7.14. The molecule has 1 aliphatic heterocycles. The molecule has 0 fully saturated rings. The molecular formula is C15H17N3O3S. The zero-order valence-electron chi connectivity index (χ0n) is 12.2. The van der Waals surface area contributed by atoms with Crippen LogP contribution in [0.2, 0.25) is 0 Å². The summed E-state index contributed by atoms with van der Waals surface area (Å²) in [6.45, 7) is 2.24. The van der Waals surface area contributed by atoms with E-state index in [2.05, 4.69) is 10.3 Å². The van der Waals surface area contributed by atoms with Crippen LogP contribution >= 0.6 is 11.3 Å². The van der Waals surface area contributed by atoms with Crippen LogP contribution in [0, 0.1) is 0 Å². The Labute approximate surface area is 132 Å². The SMILES string of the molecule is CCCC(N)C(=O)Nc1nc(-c2ccc3c(c2)OCO3)cs1. The van der Waals surface area contributed by atoms with Crippen LogP contribution in [0.5, 0.6) is 11.5 Å². The highest BCUT2D eigenvalue weighted by Crippen LogP contribution is 2.36. The summed E-state index contributed by atoms with van der Waals surface area (Å²) < 4.78 is 10.6. The van der Waals surface area contributed by atoms with Gasteiger partial charge in [0, 0.05) is 10.9 Å². The van der Waals surface area contributed by atoms with Crippen LogP contribution in [0.1, 0.15) is 19.8 Å². The Balaban J connectivity index is 1.72. The molecule has 0 aliphatic carbocycles. The molecule has 1 unspecified atom stereocenters. The highest BCUT2D eigenvalue weighted by atomic mass is 32.1. The van der Waals surface area contributed by atoms with Crippen molar-refractivity contribution in [2.75, 3.05) is 12.1 Å². The smallest absolute Gasteiger partial charge is 0.243 e. The number of carbonyl (C=O) groups is 1. The molecule has 1 atom stereocenters. The number of ether oxygens (including phenoxy) is 2. The minimum absolute atomic E-state index is 0.201. The summed E-state index contributed by atoms with van der Waals surface area (Å²) in [5, 5.41) is 5.19. The fourth-order valence-corrected chi connectivity index (χ4v) is 2.88. The topological polar surface area (TPSA) is 86.5 Å². The first-order valence-corrected chi connectivity index (χ1v) is 7.97. The molecule has 22 heavy (non-hydrogen) atoms. The molecule has 0 spiro atoms. The molecule has 2 aromatic rings. The molecule has 0 saturated heterocycles. The van der Waals surface area contributed by atoms with Crippen molar-refractivity contribution in [3.63, 3.8) is 0 Å². The zero-order valence-corrected chi connectivity index (χ0v) is 13.0. The van der Waals surface area contributed by atoms with E-state index >= 15 is 0 Å². The predicted molar refractivity (Wildman–Crippen MR) is 85.2 cm³/mol. The van der Waals surface area contributed by atoms with Gasteiger partial charge in [-0.25, -0.2) is 4.98 Å². The number of rotatable bonds is 5. The summed E-state index contributed by atoms with van der Waals surface area (Å²) >= 11 is 1.37. The van der Waals surface area contributed by atoms with Gasteiger partial charge in [0.2, 0.25) is 12.7 Å². The van der Waals surface area contributed by atoms with Gasteiger partial charge in [-0.1, -0.05) is 13.3 Å². The molecule has 3 rings (SSSR count). The Hall–Kier alpha value is -2.12. The molecule has 2 heterocycles. The van der Waals surface area contributed by atoms with Crippen molar-refractivity contribution in [3.05, 3.63) is 23.6 Å². The Kier molecular flexibility index (Phi) is 4.26. The lowest BCUT2D eigenvalue weighted by atomic mass is 10.1. The van der Waals surface area contributed by atoms with Gasteiger partial charge in [-0.15, -0.1) is 11.3 Å². The van der Waals surface area contributed by atoms with Gasteiger partial charge in [0.05, 0.1) is 11.7 Å². The van der Waals surface area contributed by atoms with Crippen molar-refractivity contribution < 1.29 is 14.3 Å². The van der Waals surface area contributed by atoms with Gasteiger partial charge in [-0.05, 0) is 24.6 Å². The third kappa shape index (κ3) is 3.05. The molecule has 1 amide bonds. The van der Waals surface area contributed by atoms with Crippen LogP contribution in [0.4, 0.5) is 5.13 Å². The minimum atomic E-state index is -0.497. The van der Waals surface area contributed by atoms with E-state index in [0.29, 0.717) is 17.3 Å². The molecule has 1 aliphatic rings. The summed E-state index contributed by atoms with van der Waals surface area (Å²) in [7, 11) is 0. The maximum atomic E-state index is 11.9. The number of hydrogen-bond acceptors (Lipinski definition) is 6. The number of aromatic nitrogens is 1. The van der Waals surface area contributed by atoms with E-state index in [4.69, 9.17) is 15.2 Å². The first-order valence-electron chi connectivity index (χ1n) is 7.09. The van der Waals surface area contributed by atoms with E-state index in [1.165, 1.54) is 11.3 Å². The van der Waals surface area contributed by atoms with Gasteiger partial charge in [-0.2, -0.15) is 0 Å². The van der Waals surface area contributed by atoms with Crippen LogP contribution < -0.4 is 20.5 Å². The standard InChI is InChI=1S/C15H17N3O3S/c1-2-3-10(16)14(19)18-15-17-11(7-22-15)9-4-5-12-13(6-9)21-8-20-12/h4-7,10H,2-3,8,16H2,1H3,(H,17,18,19). The first-order chi connectivity index (χ1) is 10.7. The number of anilines is 1. The maximum absolute atomic E-state index is 11.9. The lowest BCUT2D eigenvalue weighted by Gasteiger charge is -2.08. The molecule has 3 N–H and O–H groups in total. The van der Waals surface area contributed by atoms with Gasteiger partial charge >= 0.3 is 0 Å². The van der Waals surface area contributed by atoms with Crippen LogP contribution in [-0.4, -0.2) is 23.7 Å². The Morgan fingerprint density at radius 2 is 2.27 bits per heavy atom. The van der Waals surface area contributed by atoms with Crippen LogP contribution in [0.25, 0.3) is 11.3 Å². The van der Waals surface area contributed by atoms with Crippen LogP contribution in [0.15, 0.2) is 23.6 Å². The molecule has 7 heteroatoms. The third-order valence-electron chi connectivity index (χ3n) is 3.34. The van der Waals surface area contributed by atoms with Crippen molar-refractivity contribution >= 4 is 22.4 Å². The van der Waals surface area contributed by atoms with E-state index < -0.39 is 6.04 Å². The monoisotopic (exact) mass is 319 g/mol. The van der Waals surface area contributed by atoms with Crippen LogP contribution in [0.3, 0.4) is 0 Å². The summed E-state index contributed by atoms with van der Waals surface area (Å²) in [5.41, 5.74) is 7.49. The second-order valence-corrected chi connectivity index (χ2v) is 5.85. The van der Waals surface area contributed by atoms with E-state index in [9.17, 15) is 4.79 Å². The number of nitrogens with zero attached hydrogens (tertiary/aromatic N) is 1. The second-order valence-electron chi connectivity index (χ2n) is 4.99. The van der Waals surface area contributed by atoms with Gasteiger partial charge in [0.1, 0.15) is 0 Å². The van der Waals surface area contributed by atoms with Gasteiger partial charge in [-0.3, -0.25) is 4.79 Å². The summed E-state index contributed by atoms with van der Waals surface area (Å²) in [6.07, 6.45) is 1.53. The summed E-state index contributed by atoms with van der Waals surface area (Å²) in [4.78, 5) is 16.3. The lowest BCUT2D eigenvalue weighted by molar-refractivity contribution is -0.117. The molecule has 1 aromatic carbocycles. The largest absolute Gasteiger partial charge is 0.454 e. The second kappa shape index (κ2) is 6.33. The van der Waals surface area contributed by atoms with Gasteiger partial charge in [0.25, 0.3) is 0 Å². The lowest BCUT2D eigenvalue weighted by Crippen LogP contribution is -2.35. The molecule has 0 bridgehead atoms. The van der Waals surface area contributed by atoms with Gasteiger partial charge < -0.3 is 20.5 Å². The summed E-state index contributed by atoms with van der Waals surface area (Å²) in [6, 6.07) is 5.15. The molecule has 6 nitrogen and oxygen atoms in total. The number of nitrogens with one attached hydrogen (secondary N) is 1. The van der Waals surface area contributed by atoms with Crippen molar-refractivity contribution in [2.24, 2.45) is 5.73 Å². The zero-order chi connectivity index (χ0) is 15.5. The average Bonchev–Trinajstić information content (AvgIpc) is 3.15. The number of carbonyl (C=O) groups excluding carboxylic acids is 1. The number of fused-ring (bicyclic) bond motifs is 1. The normalized spacial score (nSPS) is 13.9. The van der Waals surface area contributed by atoms with Gasteiger partial charge in [0.15, 0.2) is 16.6 Å². The van der Waals surface area contributed by atoms with E-state index in [1.807, 2.05) is 30.5 Å². The van der Waals surface area contributed by atoms with Crippen molar-refractivity contribution in [1.29, 1.82) is 0 Å². The molecule has 0 radical (unpaired) electrons. The van der Waals surface area contributed by atoms with Crippen molar-refractivity contribution in [3.8, 4) is 22.8 Å². The molecule has 1 aromatic heterocycles. The Morgan fingerprint density at radius 1 is 1.45 bits per heavy atom. The number of amides is 1. The average molecular weight is 319 g/mol. The molecule has 0 saturated carbocycles. The van der Waals surface area contributed by atoms with Crippen LogP contribution in [-0.2, 0) is 4.79 Å². The quantitative estimate of drug-likeness (QED) is 0.884. The highest BCUT2D eigenvalue weighted by Gasteiger charge is 2.17. The maximum Gasteiger partial charge on any atom is 0.243 e. The van der Waals surface area contributed by atoms with E-state index in [1.54, 1.807) is 0 Å². The number of benzene rings is 1. The first kappa shape index (κ1) is 14.8. The van der Waals surface area contributed by atoms with E-state index in [0.717, 1.165) is 23.4 Å². The fraction of sp³-hybridized carbons (Fsp3) is 0.333. The number of hydrogen-bond donors (Lipinski definition) is 2. The predicted octanol–water partition coefficient (Wildman–Crippen LogP) is 2.60. The molecular weight excluding hydrogens is 302 g/mol. The Bertz CT molecular complexity index is 686. The number of thiazole rings is 1. The minimum Gasteiger partial charge on any atom is -0.454 e. The fourth-order valence-electron chi connectivity index (χ4n) is 2.16.